The first-order valence-corrected chi connectivity index (χ1v) is 48.9. The Bertz CT molecular complexity index is 7680. The molecule has 21 rings (SSSR count). The number of sulfone groups is 1. The summed E-state index contributed by atoms with van der Waals surface area (Å²) in [6.07, 6.45) is 15.2. The van der Waals surface area contributed by atoms with Gasteiger partial charge < -0.3 is 72.6 Å². The van der Waals surface area contributed by atoms with Crippen LogP contribution in [0.25, 0.3) is 32.9 Å². The van der Waals surface area contributed by atoms with Crippen LogP contribution in [0.2, 0.25) is 0 Å². The molecular weight excluding hydrogens is 2010 g/mol. The molecule has 766 valence electrons. The van der Waals surface area contributed by atoms with Crippen LogP contribution in [0.5, 0.6) is 23.0 Å². The van der Waals surface area contributed by atoms with Crippen LogP contribution >= 0.6 is 35.4 Å². The van der Waals surface area contributed by atoms with Gasteiger partial charge >= 0.3 is 11.8 Å². The standard InChI is InChI=1S/C21H18N4O3.C19H16N2O6.C18H15N3OS.C15H17Cl2NO3S.C12H8FNO4.C12H10N2O2.C7H11N5O3/c1-13(18-8-5-11-28-18)22-25-21(26)17-12-16(23-24-17)20-15-7-4-3-6-14(15)9-10-19(20)27-2;22-10-13-9-14(23)18(24)19(27-13)17(20-21-6-2-1-3-7-21)12-4-5-15-16(8-12)26-11-25-15;22-17-16(11-12-6-7-15-13(10-12)8-9-19-15)20-18(23)21(17)14-4-2-1-3-5-14;1-9-2-4-10(5-3-9)22(20,21)11-6-7-13-12(8-11)15(16,17)14(19)18-13;13-9-3-1-8(2-4-9)7-10(15)11-5-6-12(18-11)14(16)17;15-12(10-5-2-1-3-6-10)14-13-9-11-7-4-8-16-11;13-12(14)7-8-5-11(9-7)6-10-1-3-15-4-2-10/h3-12H,1-2H3,(H,23,24)(H,25,26);1-9,17,20,22H,10-11H2;1-10,16,19H,11H2,(H,20,23);6-10H,2-5H2,1H3,(H,18,19);1-6H,7H2;1-9H,(H,14,15);5H,1-4,6H2/p+1/b22-13+;;;;;13-9+;. The van der Waals surface area contributed by atoms with Crippen molar-refractivity contribution in [2.75, 3.05) is 55.8 Å². The number of nitrogens with zero attached hydrogens (tertiary/aromatic N) is 11. The van der Waals surface area contributed by atoms with Crippen LogP contribution in [-0.4, -0.2) is 161 Å². The zero-order valence-electron chi connectivity index (χ0n) is 79.6. The molecule has 2 unspecified atom stereocenters. The van der Waals surface area contributed by atoms with Crippen molar-refractivity contribution in [2.24, 2.45) is 16.1 Å². The Balaban J connectivity index is 0.000000131. The van der Waals surface area contributed by atoms with E-state index in [1.54, 1.807) is 127 Å². The van der Waals surface area contributed by atoms with Crippen molar-refractivity contribution in [2.45, 2.75) is 92.2 Å². The van der Waals surface area contributed by atoms with Gasteiger partial charge in [-0.2, -0.15) is 25.4 Å². The first-order chi connectivity index (χ1) is 71.9. The van der Waals surface area contributed by atoms with Gasteiger partial charge in [0.2, 0.25) is 34.4 Å². The molecule has 149 heavy (non-hydrogen) atoms. The molecule has 9 N–H and O–H groups in total. The number of carbonyl (C=O) groups is 5. The summed E-state index contributed by atoms with van der Waals surface area (Å²) in [5.41, 5.74) is 15.4. The number of nitrogens with one attached hydrogen (secondary N) is 7. The van der Waals surface area contributed by atoms with E-state index >= 15 is 0 Å². The summed E-state index contributed by atoms with van der Waals surface area (Å²) in [6, 6.07) is 70.2. The number of benzene rings is 8. The van der Waals surface area contributed by atoms with Gasteiger partial charge in [0.25, 0.3) is 23.6 Å². The van der Waals surface area contributed by atoms with Crippen LogP contribution in [0.3, 0.4) is 0 Å². The number of pyridine rings is 1. The first kappa shape index (κ1) is 106. The fourth-order valence-electron chi connectivity index (χ4n) is 15.9. The Labute approximate surface area is 863 Å². The fraction of sp³-hybridized carbons (Fsp3) is 0.202. The molecular formula is C104H96Cl2FN18O22S2+. The van der Waals surface area contributed by atoms with E-state index in [-0.39, 0.29) is 70.3 Å². The number of amides is 4. The number of ether oxygens (including phenoxy) is 4. The number of furan rings is 3. The summed E-state index contributed by atoms with van der Waals surface area (Å²) in [5.74, 6) is 0.224. The number of thiocarbonyl (C=S) groups is 1. The van der Waals surface area contributed by atoms with Gasteiger partial charge in [0.15, 0.2) is 56.4 Å². The van der Waals surface area contributed by atoms with Gasteiger partial charge in [-0.15, -0.1) is 0 Å². The molecule has 2 saturated heterocycles. The van der Waals surface area contributed by atoms with Crippen molar-refractivity contribution in [1.29, 1.82) is 0 Å². The molecule has 4 aliphatic heterocycles. The average Bonchev–Trinajstić information content (AvgIpc) is 1.61. The summed E-state index contributed by atoms with van der Waals surface area (Å²) < 4.78 is 81.7. The van der Waals surface area contributed by atoms with E-state index in [1.807, 2.05) is 115 Å². The minimum atomic E-state index is -3.43. The average molecular weight is 2100 g/mol. The maximum atomic E-state index is 12.8. The molecule has 5 aliphatic rings. The number of carbonyl (C=O) groups excluding carboxylic acids is 5. The number of hydrazone groups is 2. The zero-order valence-corrected chi connectivity index (χ0v) is 82.8. The number of fused-ring (bicyclic) bond motifs is 4. The molecule has 8 aromatic heterocycles. The van der Waals surface area contributed by atoms with Gasteiger partial charge in [-0.05, 0) is 216 Å². The molecule has 16 aromatic rings. The van der Waals surface area contributed by atoms with Crippen LogP contribution in [0, 0.1) is 32.0 Å². The highest BCUT2D eigenvalue weighted by Crippen LogP contribution is 2.47. The number of H-pyrrole nitrogens is 2. The number of para-hydroxylation sites is 1. The van der Waals surface area contributed by atoms with E-state index in [9.17, 15) is 72.0 Å². The first-order valence-electron chi connectivity index (χ1n) is 46.2. The number of hydrogen-bond acceptors (Lipinski definition) is 30. The Hall–Kier alpha value is -17.2. The van der Waals surface area contributed by atoms with Crippen LogP contribution in [-0.2, 0) is 54.6 Å². The maximum absolute atomic E-state index is 12.8. The van der Waals surface area contributed by atoms with Crippen LogP contribution in [0.4, 0.5) is 27.6 Å². The Morgan fingerprint density at radius 2 is 1.47 bits per heavy atom. The number of halogens is 3. The molecule has 12 heterocycles. The van der Waals surface area contributed by atoms with Crippen LogP contribution in [0.1, 0.15) is 122 Å². The number of aromatic amines is 2. The SMILES string of the molecule is CC1CCC(S(=O)(=O)c2ccc3c(c2)C(Cl)(Cl)C(=O)N3)CC1.COc1ccc2ccccc2c1-c1cc(C(=O)N/N=C(\C)c2ccco2)[nH]n1.O=C(Cc1ccc(F)cc1)c1ccc([N+](=O)[O-])o1.O=C(N/N=C/c1ccco1)c1ccccc1.O=C1C(Cc2ccc3[nH]ccc3c2)NC(=S)N1c1ccccc1.O=[N+]([O-])c1ncn(CN2CCOCC2)n1.O=c1cc(CO)oc(C(N[n+]2ccccc2)c2ccc3c(c2)OCO3)c1O. The van der Waals surface area contributed by atoms with E-state index in [4.69, 9.17) is 72.0 Å². The lowest BCUT2D eigenvalue weighted by atomic mass is 9.91. The van der Waals surface area contributed by atoms with Gasteiger partial charge in [-0.3, -0.25) is 53.8 Å². The van der Waals surface area contributed by atoms with E-state index in [2.05, 4.69) is 80.3 Å². The number of Topliss-reactive ketones (excluding diaryl/α,β-unsaturated/α-hetero) is 1. The lowest BCUT2D eigenvalue weighted by molar-refractivity contribution is -0.653. The second-order valence-electron chi connectivity index (χ2n) is 33.7. The van der Waals surface area contributed by atoms with Crippen molar-refractivity contribution in [3.63, 3.8) is 0 Å². The quantitative estimate of drug-likeness (QED) is 0.00488. The molecule has 2 atom stereocenters. The Kier molecular flexibility index (Phi) is 35.3. The molecule has 3 fully saturated rings. The number of rotatable bonds is 25. The largest absolute Gasteiger partial charge is 0.502 e. The van der Waals surface area contributed by atoms with Crippen molar-refractivity contribution >= 4 is 137 Å². The van der Waals surface area contributed by atoms with Gasteiger partial charge in [0.1, 0.15) is 64.5 Å². The molecule has 0 spiro atoms. The highest BCUT2D eigenvalue weighted by molar-refractivity contribution is 7.92. The molecule has 4 amide bonds. The minimum absolute atomic E-state index is 0.00429. The van der Waals surface area contributed by atoms with E-state index in [0.717, 1.165) is 76.6 Å². The molecule has 8 aromatic carbocycles. The lowest BCUT2D eigenvalue weighted by Gasteiger charge is -2.26. The van der Waals surface area contributed by atoms with Crippen molar-refractivity contribution in [3.05, 3.63) is 385 Å². The summed E-state index contributed by atoms with van der Waals surface area (Å²) in [4.78, 5) is 102. The molecule has 0 bridgehead atoms. The van der Waals surface area contributed by atoms with Gasteiger partial charge in [-0.1, -0.05) is 137 Å². The molecule has 45 heteroatoms. The van der Waals surface area contributed by atoms with E-state index in [0.29, 0.717) is 124 Å². The second-order valence-corrected chi connectivity index (χ2v) is 37.7. The number of aliphatic hydroxyl groups is 1. The van der Waals surface area contributed by atoms with Crippen molar-refractivity contribution in [3.8, 4) is 34.3 Å². The minimum Gasteiger partial charge on any atom is -0.502 e. The summed E-state index contributed by atoms with van der Waals surface area (Å²) in [7, 11) is -1.82. The number of aromatic hydroxyl groups is 1. The smallest absolute Gasteiger partial charge is 0.490 e. The number of anilines is 2. The highest BCUT2D eigenvalue weighted by Gasteiger charge is 2.45. The number of nitro groups is 2. The summed E-state index contributed by atoms with van der Waals surface area (Å²) in [6.45, 7) is 7.09. The third-order valence-electron chi connectivity index (χ3n) is 23.6. The molecule has 40 nitrogen and oxygen atoms in total. The van der Waals surface area contributed by atoms with Crippen LogP contribution < -0.4 is 56.1 Å². The van der Waals surface area contributed by atoms with Gasteiger partial charge in [-0.25, -0.2) is 23.7 Å². The number of methoxy groups -OCH3 is 1. The number of morpholine rings is 1. The Morgan fingerprint density at radius 1 is 0.752 bits per heavy atom. The predicted molar refractivity (Wildman–Crippen MR) is 551 cm³/mol. The number of hydrogen-bond donors (Lipinski definition) is 9. The number of aromatic nitrogens is 7. The number of alkyl halides is 2. The monoisotopic (exact) mass is 2100 g/mol. The fourth-order valence-corrected chi connectivity index (χ4v) is 18.5. The highest BCUT2D eigenvalue weighted by atomic mass is 35.5. The number of aliphatic hydroxyl groups excluding tert-OH is 1. The van der Waals surface area contributed by atoms with E-state index < -0.39 is 71.3 Å². The van der Waals surface area contributed by atoms with Gasteiger partial charge in [0.05, 0.1) is 72.2 Å². The second kappa shape index (κ2) is 49.6. The summed E-state index contributed by atoms with van der Waals surface area (Å²) >= 11 is 17.4. The zero-order chi connectivity index (χ0) is 105. The normalized spacial score (nSPS) is 15.5. The predicted octanol–water partition coefficient (Wildman–Crippen LogP) is 16.1. The van der Waals surface area contributed by atoms with Crippen molar-refractivity contribution < 1.29 is 98.1 Å². The molecule has 1 aliphatic carbocycles. The third-order valence-corrected chi connectivity index (χ3v) is 26.9. The number of ketones is 1. The molecule has 0 radical (unpaired) electrons. The molecule has 1 saturated carbocycles. The lowest BCUT2D eigenvalue weighted by Crippen LogP contribution is -2.46. The van der Waals surface area contributed by atoms with Gasteiger partial charge in [0, 0.05) is 77.8 Å². The Morgan fingerprint density at radius 3 is 2.17 bits per heavy atom. The summed E-state index contributed by atoms with van der Waals surface area (Å²) in [5, 5.41) is 68.1. The third kappa shape index (κ3) is 27.3. The van der Waals surface area contributed by atoms with E-state index in [1.165, 1.54) is 59.7 Å². The topological polar surface area (TPSA) is 523 Å². The van der Waals surface area contributed by atoms with Crippen LogP contribution in [0.15, 0.2) is 324 Å². The maximum Gasteiger partial charge on any atom is 0.490 e. The van der Waals surface area contributed by atoms with Crippen molar-refractivity contribution in [1.82, 2.24) is 51.0 Å².